The van der Waals surface area contributed by atoms with Gasteiger partial charge in [-0.1, -0.05) is 0 Å². The lowest BCUT2D eigenvalue weighted by Crippen LogP contribution is -2.09. The average Bonchev–Trinajstić information content (AvgIpc) is 2.73. The first-order valence-electron chi connectivity index (χ1n) is 5.06. The monoisotopic (exact) mass is 221 g/mol. The van der Waals surface area contributed by atoms with Gasteiger partial charge in [-0.15, -0.1) is 0 Å². The number of hydrogen-bond acceptors (Lipinski definition) is 5. The third-order valence-electron chi connectivity index (χ3n) is 2.39. The van der Waals surface area contributed by atoms with Crippen LogP contribution < -0.4 is 16.5 Å². The van der Waals surface area contributed by atoms with Gasteiger partial charge in [-0.05, 0) is 12.1 Å². The lowest BCUT2D eigenvalue weighted by Gasteiger charge is -2.08. The van der Waals surface area contributed by atoms with Gasteiger partial charge in [0.25, 0.3) is 0 Å². The average molecular weight is 221 g/mol. The zero-order chi connectivity index (χ0) is 11.5. The molecule has 0 saturated carbocycles. The lowest BCUT2D eigenvalue weighted by molar-refractivity contribution is 0.311. The summed E-state index contributed by atoms with van der Waals surface area (Å²) in [5, 5.41) is 11.9. The van der Waals surface area contributed by atoms with E-state index in [1.54, 1.807) is 18.1 Å². The molecule has 0 unspecified atom stereocenters. The molecule has 6 heteroatoms. The number of aliphatic hydroxyl groups excluding tert-OH is 1. The van der Waals surface area contributed by atoms with Crippen molar-refractivity contribution in [1.82, 2.24) is 9.66 Å². The Balaban J connectivity index is 2.52. The highest BCUT2D eigenvalue weighted by atomic mass is 16.3. The first kappa shape index (κ1) is 10.6. The van der Waals surface area contributed by atoms with E-state index in [0.29, 0.717) is 12.2 Å². The number of rotatable bonds is 4. The minimum Gasteiger partial charge on any atom is -0.397 e. The Morgan fingerprint density at radius 1 is 1.50 bits per heavy atom. The number of anilines is 2. The van der Waals surface area contributed by atoms with E-state index >= 15 is 0 Å². The first-order valence-corrected chi connectivity index (χ1v) is 5.06. The zero-order valence-electron chi connectivity index (χ0n) is 9.07. The van der Waals surface area contributed by atoms with Crippen molar-refractivity contribution in [2.45, 2.75) is 0 Å². The predicted molar refractivity (Wildman–Crippen MR) is 65.0 cm³/mol. The Bertz CT molecular complexity index is 493. The van der Waals surface area contributed by atoms with E-state index in [4.69, 9.17) is 10.8 Å². The van der Waals surface area contributed by atoms with Crippen LogP contribution in [0.15, 0.2) is 18.5 Å². The van der Waals surface area contributed by atoms with Gasteiger partial charge in [-0.3, -0.25) is 0 Å². The highest BCUT2D eigenvalue weighted by molar-refractivity contribution is 5.96. The molecule has 16 heavy (non-hydrogen) atoms. The van der Waals surface area contributed by atoms with Gasteiger partial charge in [-0.25, -0.2) is 9.66 Å². The van der Waals surface area contributed by atoms with Crippen LogP contribution in [0.4, 0.5) is 11.4 Å². The maximum absolute atomic E-state index is 8.78. The number of nitrogens with one attached hydrogen (secondary N) is 2. The second-order valence-corrected chi connectivity index (χ2v) is 3.39. The van der Waals surface area contributed by atoms with E-state index in [9.17, 15) is 0 Å². The fraction of sp³-hybridized carbons (Fsp3) is 0.300. The molecule has 1 heterocycles. The van der Waals surface area contributed by atoms with E-state index in [1.165, 1.54) is 0 Å². The number of aliphatic hydroxyl groups is 1. The molecule has 0 saturated heterocycles. The molecule has 86 valence electrons. The van der Waals surface area contributed by atoms with Crippen molar-refractivity contribution in [2.75, 3.05) is 36.7 Å². The molecule has 1 aromatic carbocycles. The minimum absolute atomic E-state index is 0.0820. The van der Waals surface area contributed by atoms with Gasteiger partial charge >= 0.3 is 0 Å². The molecule has 0 spiro atoms. The number of hydrogen-bond donors (Lipinski definition) is 4. The summed E-state index contributed by atoms with van der Waals surface area (Å²) in [7, 11) is 1.80. The van der Waals surface area contributed by atoms with E-state index in [0.717, 1.165) is 16.7 Å². The third-order valence-corrected chi connectivity index (χ3v) is 2.39. The van der Waals surface area contributed by atoms with Crippen molar-refractivity contribution in [1.29, 1.82) is 0 Å². The maximum atomic E-state index is 8.78. The maximum Gasteiger partial charge on any atom is 0.116 e. The molecule has 0 aliphatic carbocycles. The van der Waals surface area contributed by atoms with Crippen LogP contribution in [0.2, 0.25) is 0 Å². The first-order chi connectivity index (χ1) is 7.77. The van der Waals surface area contributed by atoms with Crippen LogP contribution in [-0.2, 0) is 0 Å². The summed E-state index contributed by atoms with van der Waals surface area (Å²) in [5.41, 5.74) is 12.0. The Labute approximate surface area is 93.1 Å². The third kappa shape index (κ3) is 1.63. The van der Waals surface area contributed by atoms with E-state index in [-0.39, 0.29) is 6.61 Å². The van der Waals surface area contributed by atoms with Gasteiger partial charge in [0.15, 0.2) is 0 Å². The largest absolute Gasteiger partial charge is 0.397 e. The van der Waals surface area contributed by atoms with Crippen molar-refractivity contribution < 1.29 is 5.11 Å². The Morgan fingerprint density at radius 3 is 3.00 bits per heavy atom. The van der Waals surface area contributed by atoms with E-state index in [2.05, 4.69) is 15.7 Å². The molecular formula is C10H15N5O. The van der Waals surface area contributed by atoms with E-state index in [1.807, 2.05) is 12.1 Å². The number of nitrogens with zero attached hydrogens (tertiary/aromatic N) is 2. The number of fused-ring (bicyclic) bond motifs is 1. The highest BCUT2D eigenvalue weighted by Crippen LogP contribution is 2.26. The molecule has 0 atom stereocenters. The molecule has 2 aromatic rings. The number of benzene rings is 1. The van der Waals surface area contributed by atoms with Crippen LogP contribution in [0, 0.1) is 0 Å². The zero-order valence-corrected chi connectivity index (χ0v) is 9.07. The van der Waals surface area contributed by atoms with Gasteiger partial charge in [0.1, 0.15) is 17.4 Å². The molecular weight excluding hydrogens is 206 g/mol. The lowest BCUT2D eigenvalue weighted by atomic mass is 10.2. The van der Waals surface area contributed by atoms with Crippen molar-refractivity contribution >= 4 is 22.4 Å². The van der Waals surface area contributed by atoms with Crippen LogP contribution in [-0.4, -0.2) is 35.0 Å². The van der Waals surface area contributed by atoms with E-state index < -0.39 is 0 Å². The molecule has 0 fully saturated rings. The van der Waals surface area contributed by atoms with Crippen LogP contribution in [0.3, 0.4) is 0 Å². The molecule has 5 N–H and O–H groups in total. The molecule has 0 bridgehead atoms. The quantitative estimate of drug-likeness (QED) is 0.554. The van der Waals surface area contributed by atoms with Crippen LogP contribution >= 0.6 is 0 Å². The van der Waals surface area contributed by atoms with Crippen molar-refractivity contribution in [3.05, 3.63) is 18.5 Å². The van der Waals surface area contributed by atoms with Gasteiger partial charge in [0, 0.05) is 13.6 Å². The predicted octanol–water partition coefficient (Wildman–Crippen LogP) is 0.196. The fourth-order valence-corrected chi connectivity index (χ4v) is 1.66. The molecule has 0 radical (unpaired) electrons. The second kappa shape index (κ2) is 4.28. The van der Waals surface area contributed by atoms with Crippen LogP contribution in [0.25, 0.3) is 11.0 Å². The Hall–Kier alpha value is -1.95. The normalized spacial score (nSPS) is 10.6. The summed E-state index contributed by atoms with van der Waals surface area (Å²) < 4.78 is 1.76. The molecule has 6 nitrogen and oxygen atoms in total. The van der Waals surface area contributed by atoms with Crippen LogP contribution in [0.5, 0.6) is 0 Å². The van der Waals surface area contributed by atoms with Gasteiger partial charge in [-0.2, -0.15) is 0 Å². The second-order valence-electron chi connectivity index (χ2n) is 3.39. The number of imidazole rings is 1. The minimum atomic E-state index is 0.0820. The fourth-order valence-electron chi connectivity index (χ4n) is 1.66. The molecule has 2 rings (SSSR count). The number of nitrogen functional groups attached to an aromatic ring is 1. The highest BCUT2D eigenvalue weighted by Gasteiger charge is 2.09. The molecule has 0 amide bonds. The summed E-state index contributed by atoms with van der Waals surface area (Å²) in [6, 6.07) is 3.68. The standard InChI is InChI=1S/C10H15N5O/c1-12-15-6-14-9-8(13-4-5-16)3-2-7(11)10(9)15/h2-3,6,12-13,16H,4-5,11H2,1H3. The molecule has 1 aromatic heterocycles. The molecule has 0 aliphatic heterocycles. The summed E-state index contributed by atoms with van der Waals surface area (Å²) >= 11 is 0. The summed E-state index contributed by atoms with van der Waals surface area (Å²) in [6.45, 7) is 0.573. The molecule has 0 aliphatic rings. The summed E-state index contributed by atoms with van der Waals surface area (Å²) in [5.74, 6) is 0. The number of aromatic nitrogens is 2. The SMILES string of the molecule is CNn1cnc2c(NCCO)ccc(N)c21. The smallest absolute Gasteiger partial charge is 0.116 e. The van der Waals surface area contributed by atoms with Crippen molar-refractivity contribution in [2.24, 2.45) is 0 Å². The summed E-state index contributed by atoms with van der Waals surface area (Å²) in [6.07, 6.45) is 1.67. The topological polar surface area (TPSA) is 88.1 Å². The Kier molecular flexibility index (Phi) is 2.82. The van der Waals surface area contributed by atoms with Gasteiger partial charge in [0.2, 0.25) is 0 Å². The van der Waals surface area contributed by atoms with Gasteiger partial charge < -0.3 is 21.6 Å². The Morgan fingerprint density at radius 2 is 2.31 bits per heavy atom. The van der Waals surface area contributed by atoms with Crippen molar-refractivity contribution in [3.63, 3.8) is 0 Å². The van der Waals surface area contributed by atoms with Crippen molar-refractivity contribution in [3.8, 4) is 0 Å². The van der Waals surface area contributed by atoms with Gasteiger partial charge in [0.05, 0.1) is 18.0 Å². The van der Waals surface area contributed by atoms with Crippen LogP contribution in [0.1, 0.15) is 0 Å². The number of nitrogens with two attached hydrogens (primary N) is 1. The summed E-state index contributed by atoms with van der Waals surface area (Å²) in [4.78, 5) is 4.28.